The SMILES string of the molecule is COc1ccc2nccc([C@@H](O)CC[C@@H]3CCN(CCCSc4cc(F)ccc4F)C[C@@H]3CC(=O)O)c2c1. The van der Waals surface area contributed by atoms with Crippen molar-refractivity contribution in [2.75, 3.05) is 32.5 Å². The Hall–Kier alpha value is -2.75. The van der Waals surface area contributed by atoms with E-state index in [0.717, 1.165) is 61.0 Å². The second-order valence-corrected chi connectivity index (χ2v) is 11.0. The highest BCUT2D eigenvalue weighted by Gasteiger charge is 2.31. The Labute approximate surface area is 226 Å². The highest BCUT2D eigenvalue weighted by atomic mass is 32.2. The quantitative estimate of drug-likeness (QED) is 0.216. The molecule has 38 heavy (non-hydrogen) atoms. The molecule has 0 saturated carbocycles. The molecule has 2 heterocycles. The minimum absolute atomic E-state index is 0.00366. The molecule has 6 nitrogen and oxygen atoms in total. The van der Waals surface area contributed by atoms with Crippen LogP contribution in [-0.4, -0.2) is 58.6 Å². The number of likely N-dealkylation sites (tertiary alicyclic amines) is 1. The lowest BCUT2D eigenvalue weighted by Crippen LogP contribution is -2.42. The fourth-order valence-electron chi connectivity index (χ4n) is 5.34. The third-order valence-corrected chi connectivity index (χ3v) is 8.45. The van der Waals surface area contributed by atoms with Crippen molar-refractivity contribution in [3.8, 4) is 5.75 Å². The molecular formula is C29H34F2N2O4S. The number of pyridine rings is 1. The number of carboxylic acid groups (broad SMARTS) is 1. The number of aliphatic hydroxyl groups excluding tert-OH is 1. The molecule has 9 heteroatoms. The van der Waals surface area contributed by atoms with Crippen LogP contribution in [0.4, 0.5) is 8.78 Å². The zero-order chi connectivity index (χ0) is 27.1. The number of rotatable bonds is 12. The number of aromatic nitrogens is 1. The summed E-state index contributed by atoms with van der Waals surface area (Å²) in [4.78, 5) is 18.6. The van der Waals surface area contributed by atoms with Gasteiger partial charge in [-0.2, -0.15) is 0 Å². The molecule has 204 valence electrons. The van der Waals surface area contributed by atoms with Gasteiger partial charge in [0.2, 0.25) is 0 Å². The Bertz CT molecular complexity index is 1240. The third-order valence-electron chi connectivity index (χ3n) is 7.33. The number of aliphatic carboxylic acids is 1. The Morgan fingerprint density at radius 1 is 1.21 bits per heavy atom. The lowest BCUT2D eigenvalue weighted by molar-refractivity contribution is -0.139. The fourth-order valence-corrected chi connectivity index (χ4v) is 6.24. The Balaban J connectivity index is 1.31. The van der Waals surface area contributed by atoms with Gasteiger partial charge in [0, 0.05) is 29.4 Å². The van der Waals surface area contributed by atoms with Gasteiger partial charge < -0.3 is 19.8 Å². The first-order valence-electron chi connectivity index (χ1n) is 13.0. The molecule has 1 aliphatic heterocycles. The molecule has 0 bridgehead atoms. The number of aliphatic hydroxyl groups is 1. The van der Waals surface area contributed by atoms with E-state index in [1.54, 1.807) is 13.3 Å². The number of halogens is 2. The summed E-state index contributed by atoms with van der Waals surface area (Å²) in [6.45, 7) is 2.31. The molecule has 0 aliphatic carbocycles. The topological polar surface area (TPSA) is 82.9 Å². The molecule has 1 saturated heterocycles. The predicted molar refractivity (Wildman–Crippen MR) is 144 cm³/mol. The first kappa shape index (κ1) is 28.3. The molecule has 0 radical (unpaired) electrons. The number of benzene rings is 2. The van der Waals surface area contributed by atoms with Crippen molar-refractivity contribution >= 4 is 28.6 Å². The van der Waals surface area contributed by atoms with Gasteiger partial charge in [0.25, 0.3) is 0 Å². The van der Waals surface area contributed by atoms with Crippen LogP contribution in [0.25, 0.3) is 10.9 Å². The van der Waals surface area contributed by atoms with E-state index < -0.39 is 23.7 Å². The second-order valence-electron chi connectivity index (χ2n) is 9.86. The normalized spacial score (nSPS) is 18.9. The van der Waals surface area contributed by atoms with Gasteiger partial charge in [-0.1, -0.05) is 0 Å². The lowest BCUT2D eigenvalue weighted by Gasteiger charge is -2.38. The molecule has 0 unspecified atom stereocenters. The molecule has 1 aliphatic rings. The van der Waals surface area contributed by atoms with Crippen LogP contribution in [0.3, 0.4) is 0 Å². The number of nitrogens with zero attached hydrogens (tertiary/aromatic N) is 2. The van der Waals surface area contributed by atoms with Crippen molar-refractivity contribution in [1.82, 2.24) is 9.88 Å². The van der Waals surface area contributed by atoms with E-state index in [0.29, 0.717) is 29.4 Å². The molecule has 3 aromatic rings. The van der Waals surface area contributed by atoms with Crippen LogP contribution in [0, 0.1) is 23.5 Å². The number of ether oxygens (including phenoxy) is 1. The first-order valence-corrected chi connectivity index (χ1v) is 14.0. The summed E-state index contributed by atoms with van der Waals surface area (Å²) in [6.07, 6.45) is 4.03. The third kappa shape index (κ3) is 7.42. The zero-order valence-corrected chi connectivity index (χ0v) is 22.3. The van der Waals surface area contributed by atoms with Crippen molar-refractivity contribution in [3.63, 3.8) is 0 Å². The standard InChI is InChI=1S/C29H34F2N2O4S/c1-37-22-5-7-26-24(17-22)23(9-11-32-26)27(34)8-3-19-10-13-33(18-20(19)15-29(35)36)12-2-14-38-28-16-21(30)4-6-25(28)31/h4-7,9,11,16-17,19-20,27,34H,2-3,8,10,12-15,18H2,1H3,(H,35,36)/t19-,20+,27+/m1/s1. The lowest BCUT2D eigenvalue weighted by atomic mass is 9.79. The van der Waals surface area contributed by atoms with Crippen LogP contribution in [0.15, 0.2) is 53.6 Å². The average Bonchev–Trinajstić information content (AvgIpc) is 2.91. The number of carbonyl (C=O) groups is 1. The summed E-state index contributed by atoms with van der Waals surface area (Å²) in [6, 6.07) is 10.9. The van der Waals surface area contributed by atoms with E-state index in [4.69, 9.17) is 4.74 Å². The largest absolute Gasteiger partial charge is 0.497 e. The molecule has 3 atom stereocenters. The Morgan fingerprint density at radius 3 is 2.84 bits per heavy atom. The fraction of sp³-hybridized carbons (Fsp3) is 0.448. The summed E-state index contributed by atoms with van der Waals surface area (Å²) in [7, 11) is 1.60. The van der Waals surface area contributed by atoms with Crippen LogP contribution in [0.5, 0.6) is 5.75 Å². The highest BCUT2D eigenvalue weighted by Crippen LogP contribution is 2.35. The van der Waals surface area contributed by atoms with Crippen molar-refractivity contribution in [3.05, 3.63) is 65.9 Å². The number of hydrogen-bond donors (Lipinski definition) is 2. The van der Waals surface area contributed by atoms with Gasteiger partial charge in [0.05, 0.1) is 18.7 Å². The summed E-state index contributed by atoms with van der Waals surface area (Å²) in [5.41, 5.74) is 1.59. The van der Waals surface area contributed by atoms with E-state index in [2.05, 4.69) is 9.88 Å². The summed E-state index contributed by atoms with van der Waals surface area (Å²) >= 11 is 1.30. The minimum Gasteiger partial charge on any atom is -0.497 e. The minimum atomic E-state index is -0.813. The van der Waals surface area contributed by atoms with Crippen molar-refractivity contribution < 1.29 is 28.5 Å². The maximum atomic E-state index is 13.8. The Morgan fingerprint density at radius 2 is 2.05 bits per heavy atom. The molecular weight excluding hydrogens is 510 g/mol. The van der Waals surface area contributed by atoms with Gasteiger partial charge in [-0.05, 0) is 104 Å². The molecule has 2 N–H and O–H groups in total. The van der Waals surface area contributed by atoms with Crippen LogP contribution < -0.4 is 4.74 Å². The van der Waals surface area contributed by atoms with Crippen LogP contribution in [0.1, 0.15) is 43.8 Å². The highest BCUT2D eigenvalue weighted by molar-refractivity contribution is 7.99. The molecule has 1 fully saturated rings. The van der Waals surface area contributed by atoms with Gasteiger partial charge in [-0.3, -0.25) is 9.78 Å². The first-order chi connectivity index (χ1) is 18.3. The molecule has 0 amide bonds. The molecule has 2 aromatic carbocycles. The van der Waals surface area contributed by atoms with Crippen LogP contribution >= 0.6 is 11.8 Å². The van der Waals surface area contributed by atoms with E-state index in [1.165, 1.54) is 17.8 Å². The molecule has 4 rings (SSSR count). The number of carboxylic acids is 1. The van der Waals surface area contributed by atoms with Gasteiger partial charge in [0.15, 0.2) is 0 Å². The van der Waals surface area contributed by atoms with E-state index in [1.807, 2.05) is 24.3 Å². The van der Waals surface area contributed by atoms with E-state index >= 15 is 0 Å². The summed E-state index contributed by atoms with van der Waals surface area (Å²) < 4.78 is 32.6. The van der Waals surface area contributed by atoms with Gasteiger partial charge in [0.1, 0.15) is 17.4 Å². The van der Waals surface area contributed by atoms with Crippen LogP contribution in [-0.2, 0) is 4.79 Å². The number of hydrogen-bond acceptors (Lipinski definition) is 6. The van der Waals surface area contributed by atoms with Crippen molar-refractivity contribution in [2.45, 2.75) is 43.1 Å². The van der Waals surface area contributed by atoms with Gasteiger partial charge in [-0.25, -0.2) is 8.78 Å². The summed E-state index contributed by atoms with van der Waals surface area (Å²) in [5, 5.41) is 21.4. The number of thioether (sulfide) groups is 1. The monoisotopic (exact) mass is 544 g/mol. The molecule has 1 aromatic heterocycles. The second kappa shape index (κ2) is 13.4. The number of piperidine rings is 1. The van der Waals surface area contributed by atoms with Gasteiger partial charge in [-0.15, -0.1) is 11.8 Å². The van der Waals surface area contributed by atoms with E-state index in [-0.39, 0.29) is 18.3 Å². The van der Waals surface area contributed by atoms with Crippen molar-refractivity contribution in [1.29, 1.82) is 0 Å². The zero-order valence-electron chi connectivity index (χ0n) is 21.5. The maximum absolute atomic E-state index is 13.8. The van der Waals surface area contributed by atoms with E-state index in [9.17, 15) is 23.8 Å². The molecule has 0 spiro atoms. The predicted octanol–water partition coefficient (Wildman–Crippen LogP) is 5.93. The smallest absolute Gasteiger partial charge is 0.303 e. The number of methoxy groups -OCH3 is 1. The van der Waals surface area contributed by atoms with Crippen molar-refractivity contribution in [2.24, 2.45) is 11.8 Å². The Kier molecular flexibility index (Phi) is 9.93. The van der Waals surface area contributed by atoms with Crippen LogP contribution in [0.2, 0.25) is 0 Å². The maximum Gasteiger partial charge on any atom is 0.303 e. The summed E-state index contributed by atoms with van der Waals surface area (Å²) in [5.74, 6) is -0.124. The average molecular weight is 545 g/mol. The van der Waals surface area contributed by atoms with Gasteiger partial charge >= 0.3 is 5.97 Å². The number of fused-ring (bicyclic) bond motifs is 1.